The molecule has 0 saturated heterocycles. The third-order valence-electron chi connectivity index (χ3n) is 1.17. The van der Waals surface area contributed by atoms with E-state index >= 15 is 0 Å². The summed E-state index contributed by atoms with van der Waals surface area (Å²) >= 11 is 0. The molecule has 0 aliphatic rings. The largest absolute Gasteiger partial charge is 0.480 e. The Hall–Kier alpha value is -1.67. The van der Waals surface area contributed by atoms with Gasteiger partial charge in [0.05, 0.1) is 0 Å². The van der Waals surface area contributed by atoms with Gasteiger partial charge in [-0.3, -0.25) is 0 Å². The van der Waals surface area contributed by atoms with Crippen molar-refractivity contribution >= 4 is 17.9 Å². The SMILES string of the molecule is O=C(O)CO[C@H](C(=O)O)[C@@H](O)C(=O)O. The molecule has 0 rings (SSSR count). The molecule has 0 amide bonds. The summed E-state index contributed by atoms with van der Waals surface area (Å²) < 4.78 is 4.16. The second-order valence-corrected chi connectivity index (χ2v) is 2.25. The van der Waals surface area contributed by atoms with Crippen molar-refractivity contribution in [3.8, 4) is 0 Å². The maximum atomic E-state index is 10.3. The average molecular weight is 208 g/mol. The molecule has 80 valence electrons. The minimum Gasteiger partial charge on any atom is -0.480 e. The number of carbonyl (C=O) groups is 3. The molecule has 8 heteroatoms. The highest BCUT2D eigenvalue weighted by Crippen LogP contribution is 2.00. The third kappa shape index (κ3) is 3.83. The molecule has 0 aromatic carbocycles. The number of carboxylic acids is 3. The van der Waals surface area contributed by atoms with Gasteiger partial charge in [0.2, 0.25) is 0 Å². The van der Waals surface area contributed by atoms with Gasteiger partial charge in [-0.2, -0.15) is 0 Å². The van der Waals surface area contributed by atoms with E-state index in [9.17, 15) is 14.4 Å². The van der Waals surface area contributed by atoms with Gasteiger partial charge in [-0.05, 0) is 0 Å². The Kier molecular flexibility index (Phi) is 4.53. The first-order chi connectivity index (χ1) is 6.36. The summed E-state index contributed by atoms with van der Waals surface area (Å²) in [6.45, 7) is -0.999. The summed E-state index contributed by atoms with van der Waals surface area (Å²) in [5.41, 5.74) is 0. The van der Waals surface area contributed by atoms with E-state index in [0.717, 1.165) is 0 Å². The number of rotatable bonds is 6. The standard InChI is InChI=1S/C6H8O8/c7-2(8)1-14-4(6(12)13)3(9)5(10)11/h3-4,9H,1H2,(H,7,8)(H,10,11)(H,12,13)/t3-,4+/m1/s1. The lowest BCUT2D eigenvalue weighted by atomic mass is 10.2. The molecule has 0 bridgehead atoms. The van der Waals surface area contributed by atoms with Gasteiger partial charge in [0.25, 0.3) is 0 Å². The minimum absolute atomic E-state index is 0.999. The van der Waals surface area contributed by atoms with Crippen LogP contribution in [0.2, 0.25) is 0 Å². The molecule has 8 nitrogen and oxygen atoms in total. The number of aliphatic carboxylic acids is 3. The molecule has 0 aromatic heterocycles. The number of aliphatic hydroxyl groups excluding tert-OH is 1. The van der Waals surface area contributed by atoms with Crippen molar-refractivity contribution in [2.75, 3.05) is 6.61 Å². The maximum Gasteiger partial charge on any atom is 0.336 e. The molecular weight excluding hydrogens is 200 g/mol. The zero-order valence-electron chi connectivity index (χ0n) is 6.78. The fraction of sp³-hybridized carbons (Fsp3) is 0.500. The highest BCUT2D eigenvalue weighted by atomic mass is 16.5. The van der Waals surface area contributed by atoms with E-state index in [1.807, 2.05) is 0 Å². The Morgan fingerprint density at radius 2 is 1.57 bits per heavy atom. The van der Waals surface area contributed by atoms with E-state index in [2.05, 4.69) is 4.74 Å². The van der Waals surface area contributed by atoms with Crippen LogP contribution < -0.4 is 0 Å². The van der Waals surface area contributed by atoms with Crippen molar-refractivity contribution in [3.63, 3.8) is 0 Å². The molecule has 14 heavy (non-hydrogen) atoms. The Morgan fingerprint density at radius 1 is 1.07 bits per heavy atom. The summed E-state index contributed by atoms with van der Waals surface area (Å²) in [6.07, 6.45) is -4.39. The monoisotopic (exact) mass is 208 g/mol. The zero-order valence-corrected chi connectivity index (χ0v) is 6.78. The van der Waals surface area contributed by atoms with Crippen molar-refractivity contribution in [1.82, 2.24) is 0 Å². The Bertz CT molecular complexity index is 246. The van der Waals surface area contributed by atoms with Crippen LogP contribution in [0.4, 0.5) is 0 Å². The first kappa shape index (κ1) is 12.3. The fourth-order valence-corrected chi connectivity index (χ4v) is 0.588. The highest BCUT2D eigenvalue weighted by Gasteiger charge is 2.33. The van der Waals surface area contributed by atoms with Crippen LogP contribution >= 0.6 is 0 Å². The molecule has 0 aliphatic heterocycles. The lowest BCUT2D eigenvalue weighted by Gasteiger charge is -2.14. The van der Waals surface area contributed by atoms with Crippen LogP contribution in [-0.4, -0.2) is 57.1 Å². The van der Waals surface area contributed by atoms with Crippen LogP contribution in [0.15, 0.2) is 0 Å². The summed E-state index contributed by atoms with van der Waals surface area (Å²) in [4.78, 5) is 30.4. The third-order valence-corrected chi connectivity index (χ3v) is 1.17. The normalized spacial score (nSPS) is 14.4. The van der Waals surface area contributed by atoms with E-state index in [-0.39, 0.29) is 0 Å². The van der Waals surface area contributed by atoms with E-state index in [4.69, 9.17) is 20.4 Å². The first-order valence-corrected chi connectivity index (χ1v) is 3.33. The molecule has 0 saturated carbocycles. The second-order valence-electron chi connectivity index (χ2n) is 2.25. The smallest absolute Gasteiger partial charge is 0.336 e. The van der Waals surface area contributed by atoms with Crippen molar-refractivity contribution in [2.24, 2.45) is 0 Å². The topological polar surface area (TPSA) is 141 Å². The summed E-state index contributed by atoms with van der Waals surface area (Å²) in [5, 5.41) is 33.5. The lowest BCUT2D eigenvalue weighted by molar-refractivity contribution is -0.174. The van der Waals surface area contributed by atoms with E-state index in [0.29, 0.717) is 0 Å². The van der Waals surface area contributed by atoms with Crippen molar-refractivity contribution in [2.45, 2.75) is 12.2 Å². The second kappa shape index (κ2) is 5.14. The van der Waals surface area contributed by atoms with E-state index in [1.54, 1.807) is 0 Å². The van der Waals surface area contributed by atoms with Gasteiger partial charge in [0, 0.05) is 0 Å². The van der Waals surface area contributed by atoms with Crippen LogP contribution in [0.1, 0.15) is 0 Å². The van der Waals surface area contributed by atoms with Crippen LogP contribution in [0.5, 0.6) is 0 Å². The molecule has 0 aromatic rings. The molecule has 0 heterocycles. The quantitative estimate of drug-likeness (QED) is 0.392. The predicted molar refractivity (Wildman–Crippen MR) is 38.7 cm³/mol. The maximum absolute atomic E-state index is 10.3. The molecule has 0 fully saturated rings. The van der Waals surface area contributed by atoms with E-state index < -0.39 is 36.7 Å². The Balaban J connectivity index is 4.37. The highest BCUT2D eigenvalue weighted by molar-refractivity contribution is 5.83. The predicted octanol–water partition coefficient (Wildman–Crippen LogP) is -2.01. The first-order valence-electron chi connectivity index (χ1n) is 3.33. The summed E-state index contributed by atoms with van der Waals surface area (Å²) in [7, 11) is 0. The van der Waals surface area contributed by atoms with Gasteiger partial charge in [-0.1, -0.05) is 0 Å². The van der Waals surface area contributed by atoms with Crippen LogP contribution in [-0.2, 0) is 19.1 Å². The summed E-state index contributed by atoms with van der Waals surface area (Å²) in [5.74, 6) is -5.02. The van der Waals surface area contributed by atoms with Gasteiger partial charge in [0.15, 0.2) is 12.2 Å². The molecular formula is C6H8O8. The van der Waals surface area contributed by atoms with Crippen molar-refractivity contribution in [3.05, 3.63) is 0 Å². The van der Waals surface area contributed by atoms with Crippen LogP contribution in [0.3, 0.4) is 0 Å². The molecule has 0 spiro atoms. The number of ether oxygens (including phenoxy) is 1. The Morgan fingerprint density at radius 3 is 1.86 bits per heavy atom. The minimum atomic E-state index is -2.30. The molecule has 0 aliphatic carbocycles. The lowest BCUT2D eigenvalue weighted by Crippen LogP contribution is -2.42. The van der Waals surface area contributed by atoms with Crippen LogP contribution in [0, 0.1) is 0 Å². The van der Waals surface area contributed by atoms with E-state index in [1.165, 1.54) is 0 Å². The molecule has 2 atom stereocenters. The van der Waals surface area contributed by atoms with Crippen LogP contribution in [0.25, 0.3) is 0 Å². The Labute approximate surface area is 77.3 Å². The average Bonchev–Trinajstić information content (AvgIpc) is 2.02. The van der Waals surface area contributed by atoms with Gasteiger partial charge in [-0.25, -0.2) is 14.4 Å². The number of carboxylic acid groups (broad SMARTS) is 3. The molecule has 4 N–H and O–H groups in total. The molecule has 0 unspecified atom stereocenters. The van der Waals surface area contributed by atoms with Gasteiger partial charge in [0.1, 0.15) is 6.61 Å². The fourth-order valence-electron chi connectivity index (χ4n) is 0.588. The zero-order chi connectivity index (χ0) is 11.3. The number of hydrogen-bond acceptors (Lipinski definition) is 5. The molecule has 0 radical (unpaired) electrons. The van der Waals surface area contributed by atoms with Crippen molar-refractivity contribution in [1.29, 1.82) is 0 Å². The number of aliphatic hydroxyl groups is 1. The van der Waals surface area contributed by atoms with Crippen molar-refractivity contribution < 1.29 is 39.5 Å². The van der Waals surface area contributed by atoms with Gasteiger partial charge >= 0.3 is 17.9 Å². The van der Waals surface area contributed by atoms with Gasteiger partial charge in [-0.15, -0.1) is 0 Å². The summed E-state index contributed by atoms with van der Waals surface area (Å²) in [6, 6.07) is 0. The number of hydrogen-bond donors (Lipinski definition) is 4. The van der Waals surface area contributed by atoms with Gasteiger partial charge < -0.3 is 25.2 Å².